The Morgan fingerprint density at radius 3 is 2.65 bits per heavy atom. The molecule has 1 unspecified atom stereocenters. The Hall–Kier alpha value is -2.64. The van der Waals surface area contributed by atoms with Gasteiger partial charge in [0.25, 0.3) is 11.5 Å². The molecule has 0 bridgehead atoms. The first-order valence-electron chi connectivity index (χ1n) is 8.17. The van der Waals surface area contributed by atoms with Gasteiger partial charge in [0.1, 0.15) is 5.75 Å². The maximum absolute atomic E-state index is 12.9. The van der Waals surface area contributed by atoms with E-state index in [1.807, 2.05) is 43.3 Å². The molecule has 1 aromatic carbocycles. The van der Waals surface area contributed by atoms with Gasteiger partial charge < -0.3 is 14.6 Å². The molecule has 0 aliphatic rings. The van der Waals surface area contributed by atoms with E-state index in [4.69, 9.17) is 16.3 Å². The number of fused-ring (bicyclic) bond motifs is 1. The molecule has 26 heavy (non-hydrogen) atoms. The summed E-state index contributed by atoms with van der Waals surface area (Å²) in [7, 11) is 3.86. The van der Waals surface area contributed by atoms with Gasteiger partial charge in [0, 0.05) is 19.3 Å². The van der Waals surface area contributed by atoms with Crippen LogP contribution in [0, 0.1) is 0 Å². The Balaban J connectivity index is 1.83. The predicted octanol–water partition coefficient (Wildman–Crippen LogP) is 2.50. The molecule has 0 aliphatic heterocycles. The first-order chi connectivity index (χ1) is 12.5. The molecule has 0 saturated heterocycles. The number of likely N-dealkylation sites (N-methyl/N-ethyl adjacent to an activating group) is 1. The maximum atomic E-state index is 12.9. The van der Waals surface area contributed by atoms with Crippen molar-refractivity contribution in [3.8, 4) is 5.75 Å². The minimum Gasteiger partial charge on any atom is -0.465 e. The van der Waals surface area contributed by atoms with Crippen LogP contribution in [-0.4, -0.2) is 58.5 Å². The number of nitrogens with zero attached hydrogens (tertiary/aromatic N) is 4. The van der Waals surface area contributed by atoms with E-state index in [0.29, 0.717) is 30.4 Å². The highest BCUT2D eigenvalue weighted by Crippen LogP contribution is 2.19. The standard InChI is InChI=1S/C18H20ClN5O2/c1-23(2)11-12-24(18-21-14-9-6-10-20-16(14)22-18)17(25)15(19)26-13-7-4-3-5-8-13/h3-10,15H,11-12H2,1-2H3,(H,20,21,22). The van der Waals surface area contributed by atoms with Crippen LogP contribution in [0.25, 0.3) is 11.2 Å². The van der Waals surface area contributed by atoms with Gasteiger partial charge in [0.2, 0.25) is 5.95 Å². The molecule has 0 radical (unpaired) electrons. The third kappa shape index (κ3) is 4.30. The minimum atomic E-state index is -1.17. The van der Waals surface area contributed by atoms with Crippen LogP contribution < -0.4 is 9.64 Å². The zero-order chi connectivity index (χ0) is 18.5. The second-order valence-corrected chi connectivity index (χ2v) is 6.37. The number of rotatable bonds is 7. The fourth-order valence-corrected chi connectivity index (χ4v) is 2.59. The molecule has 3 rings (SSSR count). The van der Waals surface area contributed by atoms with Gasteiger partial charge in [-0.15, -0.1) is 0 Å². The Morgan fingerprint density at radius 1 is 1.19 bits per heavy atom. The van der Waals surface area contributed by atoms with Crippen molar-refractivity contribution in [2.75, 3.05) is 32.1 Å². The van der Waals surface area contributed by atoms with E-state index >= 15 is 0 Å². The SMILES string of the molecule is CN(C)CCN(C(=O)C(Cl)Oc1ccccc1)c1nc2ncccc2[nH]1. The van der Waals surface area contributed by atoms with Crippen LogP contribution in [0.1, 0.15) is 0 Å². The Labute approximate surface area is 156 Å². The van der Waals surface area contributed by atoms with Gasteiger partial charge in [-0.2, -0.15) is 4.98 Å². The van der Waals surface area contributed by atoms with Gasteiger partial charge in [0.05, 0.1) is 5.52 Å². The van der Waals surface area contributed by atoms with E-state index < -0.39 is 11.5 Å². The molecule has 0 saturated carbocycles. The van der Waals surface area contributed by atoms with Crippen molar-refractivity contribution < 1.29 is 9.53 Å². The highest BCUT2D eigenvalue weighted by molar-refractivity contribution is 6.31. The van der Waals surface area contributed by atoms with Crippen LogP contribution in [0.2, 0.25) is 0 Å². The number of ether oxygens (including phenoxy) is 1. The fourth-order valence-electron chi connectivity index (χ4n) is 2.37. The molecule has 2 heterocycles. The van der Waals surface area contributed by atoms with Gasteiger partial charge >= 0.3 is 0 Å². The number of para-hydroxylation sites is 1. The Kier molecular flexibility index (Phi) is 5.70. The number of H-pyrrole nitrogens is 1. The minimum absolute atomic E-state index is 0.392. The number of hydrogen-bond donors (Lipinski definition) is 1. The lowest BCUT2D eigenvalue weighted by atomic mass is 10.3. The number of anilines is 1. The number of hydrogen-bond acceptors (Lipinski definition) is 5. The predicted molar refractivity (Wildman–Crippen MR) is 102 cm³/mol. The lowest BCUT2D eigenvalue weighted by Crippen LogP contribution is -2.43. The summed E-state index contributed by atoms with van der Waals surface area (Å²) in [5.74, 6) is 0.531. The number of carbonyl (C=O) groups excluding carboxylic acids is 1. The van der Waals surface area contributed by atoms with Crippen molar-refractivity contribution in [3.05, 3.63) is 48.7 Å². The summed E-state index contributed by atoms with van der Waals surface area (Å²) in [6.45, 7) is 1.05. The first-order valence-corrected chi connectivity index (χ1v) is 8.61. The molecule has 0 aliphatic carbocycles. The van der Waals surface area contributed by atoms with E-state index in [9.17, 15) is 4.79 Å². The topological polar surface area (TPSA) is 74.3 Å². The van der Waals surface area contributed by atoms with Crippen LogP contribution in [-0.2, 0) is 4.79 Å². The number of amides is 1. The molecule has 7 nitrogen and oxygen atoms in total. The summed E-state index contributed by atoms with van der Waals surface area (Å²) in [6, 6.07) is 12.7. The smallest absolute Gasteiger partial charge is 0.286 e. The van der Waals surface area contributed by atoms with Crippen LogP contribution >= 0.6 is 11.6 Å². The molecular formula is C18H20ClN5O2. The summed E-state index contributed by atoms with van der Waals surface area (Å²) in [4.78, 5) is 28.1. The van der Waals surface area contributed by atoms with E-state index in [1.54, 1.807) is 24.4 Å². The third-order valence-corrected chi connectivity index (χ3v) is 3.99. The highest BCUT2D eigenvalue weighted by Gasteiger charge is 2.27. The van der Waals surface area contributed by atoms with Crippen LogP contribution in [0.4, 0.5) is 5.95 Å². The fraction of sp³-hybridized carbons (Fsp3) is 0.278. The number of pyridine rings is 1. The molecule has 3 aromatic rings. The summed E-state index contributed by atoms with van der Waals surface area (Å²) in [5.41, 5.74) is 0.126. The average molecular weight is 374 g/mol. The summed E-state index contributed by atoms with van der Waals surface area (Å²) >= 11 is 6.24. The molecule has 1 amide bonds. The van der Waals surface area contributed by atoms with Crippen molar-refractivity contribution in [2.24, 2.45) is 0 Å². The lowest BCUT2D eigenvalue weighted by Gasteiger charge is -2.24. The van der Waals surface area contributed by atoms with Gasteiger partial charge in [-0.1, -0.05) is 29.8 Å². The molecule has 136 valence electrons. The quantitative estimate of drug-likeness (QED) is 0.644. The Morgan fingerprint density at radius 2 is 1.96 bits per heavy atom. The van der Waals surface area contributed by atoms with Gasteiger partial charge in [-0.3, -0.25) is 9.69 Å². The van der Waals surface area contributed by atoms with Crippen LogP contribution in [0.5, 0.6) is 5.75 Å². The van der Waals surface area contributed by atoms with Gasteiger partial charge in [-0.25, -0.2) is 4.98 Å². The van der Waals surface area contributed by atoms with E-state index in [1.165, 1.54) is 4.90 Å². The summed E-state index contributed by atoms with van der Waals surface area (Å²) in [6.07, 6.45) is 1.65. The van der Waals surface area contributed by atoms with E-state index in [0.717, 1.165) is 5.52 Å². The molecular weight excluding hydrogens is 354 g/mol. The van der Waals surface area contributed by atoms with Crippen molar-refractivity contribution in [3.63, 3.8) is 0 Å². The zero-order valence-corrected chi connectivity index (χ0v) is 15.3. The lowest BCUT2D eigenvalue weighted by molar-refractivity contribution is -0.122. The number of carbonyl (C=O) groups is 1. The summed E-state index contributed by atoms with van der Waals surface area (Å²) < 4.78 is 5.56. The molecule has 0 spiro atoms. The van der Waals surface area contributed by atoms with Crippen molar-refractivity contribution in [2.45, 2.75) is 5.56 Å². The molecule has 8 heteroatoms. The molecule has 0 fully saturated rings. The maximum Gasteiger partial charge on any atom is 0.286 e. The van der Waals surface area contributed by atoms with Crippen molar-refractivity contribution >= 4 is 34.6 Å². The number of aromatic amines is 1. The summed E-state index contributed by atoms with van der Waals surface area (Å²) in [5, 5.41) is 0. The van der Waals surface area contributed by atoms with Crippen molar-refractivity contribution in [1.82, 2.24) is 19.9 Å². The second kappa shape index (κ2) is 8.16. The van der Waals surface area contributed by atoms with Crippen LogP contribution in [0.3, 0.4) is 0 Å². The zero-order valence-electron chi connectivity index (χ0n) is 14.6. The number of aromatic nitrogens is 3. The first kappa shape index (κ1) is 18.2. The molecule has 2 aromatic heterocycles. The number of halogens is 1. The van der Waals surface area contributed by atoms with Crippen LogP contribution in [0.15, 0.2) is 48.7 Å². The Bertz CT molecular complexity index is 835. The molecule has 1 N–H and O–H groups in total. The van der Waals surface area contributed by atoms with Gasteiger partial charge in [0.15, 0.2) is 5.65 Å². The highest BCUT2D eigenvalue weighted by atomic mass is 35.5. The number of imidazole rings is 1. The number of nitrogens with one attached hydrogen (secondary N) is 1. The monoisotopic (exact) mass is 373 g/mol. The van der Waals surface area contributed by atoms with Crippen molar-refractivity contribution in [1.29, 1.82) is 0 Å². The average Bonchev–Trinajstić information content (AvgIpc) is 3.06. The molecule has 1 atom stereocenters. The van der Waals surface area contributed by atoms with Gasteiger partial charge in [-0.05, 0) is 38.4 Å². The van der Waals surface area contributed by atoms with E-state index in [2.05, 4.69) is 15.0 Å². The third-order valence-electron chi connectivity index (χ3n) is 3.71. The largest absolute Gasteiger partial charge is 0.465 e. The van der Waals surface area contributed by atoms with E-state index in [-0.39, 0.29) is 0 Å². The normalized spacial score (nSPS) is 12.3. The number of benzene rings is 1. The number of alkyl halides is 1. The second-order valence-electron chi connectivity index (χ2n) is 5.98.